The minimum atomic E-state index is -2.43. The number of nitrogens with one attached hydrogen (secondary N) is 11. The van der Waals surface area contributed by atoms with E-state index in [9.17, 15) is 137 Å². The Hall–Kier alpha value is -12.9. The molecule has 3 aromatic rings. The van der Waals surface area contributed by atoms with Crippen LogP contribution in [-0.2, 0) is 109 Å². The number of aromatic amines is 2. The average Bonchev–Trinajstić information content (AvgIpc) is 1.74. The Labute approximate surface area is 676 Å². The van der Waals surface area contributed by atoms with E-state index in [2.05, 4.69) is 62.8 Å². The minimum Gasteiger partial charge on any atom is -0.480 e. The normalized spacial score (nSPS) is 13.0. The van der Waals surface area contributed by atoms with Crippen LogP contribution in [0.2, 0.25) is 0 Å². The second-order valence-electron chi connectivity index (χ2n) is 27.1. The first kappa shape index (κ1) is 100. The maximum atomic E-state index is 15.2. The van der Waals surface area contributed by atoms with Crippen molar-refractivity contribution in [2.75, 3.05) is 138 Å². The fourth-order valence-electron chi connectivity index (χ4n) is 12.0. The minimum absolute atomic E-state index is 0.0897. The van der Waals surface area contributed by atoms with E-state index in [1.807, 2.05) is 0 Å². The van der Waals surface area contributed by atoms with Crippen LogP contribution >= 0.6 is 0 Å². The van der Waals surface area contributed by atoms with Gasteiger partial charge in [-0.05, 0) is 43.9 Å². The molecule has 0 spiro atoms. The number of fused-ring (bicyclic) bond motifs is 1. The number of carboxylic acid groups (broad SMARTS) is 10. The van der Waals surface area contributed by atoms with Gasteiger partial charge in [-0.25, -0.2) is 4.98 Å². The number of para-hydroxylation sites is 1. The lowest BCUT2D eigenvalue weighted by Gasteiger charge is -2.35. The Balaban J connectivity index is 2.22. The second-order valence-corrected chi connectivity index (χ2v) is 27.1. The molecule has 658 valence electrons. The maximum absolute atomic E-state index is 15.2. The second kappa shape index (κ2) is 52.6. The number of carbonyl (C=O) groups is 20. The summed E-state index contributed by atoms with van der Waals surface area (Å²) in [6, 6.07) is -6.37. The van der Waals surface area contributed by atoms with E-state index in [1.54, 1.807) is 30.5 Å². The SMILES string of the molecule is CNC(=O)[C@H](Cc1cnc[nH]1)NC(=O)[C@H](Cc1c[nH]c2ccccc12)NC(=O)[C@H](CCC(N)=O)NC(=O)CNC(=O)CC[C@@H](NC(=O)C(CNC(=O)[C@@H](CN(CCN(CC(=O)O)CC(=O)O)CC(=O)O)N(CC(=O)O)CC(=O)O)NC(=O)[C@@H](CN(CCN(CC(=O)O)CC(=O)O)CC(=O)O)N(CC(=O)O)CC(=O)O)C(=O)NCCCCCCN. The quantitative estimate of drug-likeness (QED) is 0.0233. The van der Waals surface area contributed by atoms with Crippen molar-refractivity contribution < 1.29 is 147 Å². The van der Waals surface area contributed by atoms with Crippen LogP contribution in [0.25, 0.3) is 10.9 Å². The lowest BCUT2D eigenvalue weighted by molar-refractivity contribution is -0.148. The van der Waals surface area contributed by atoms with Gasteiger partial charge in [0, 0.05) is 114 Å². The van der Waals surface area contributed by atoms with E-state index in [0.29, 0.717) is 57.8 Å². The van der Waals surface area contributed by atoms with E-state index in [1.165, 1.54) is 19.6 Å². The zero-order valence-electron chi connectivity index (χ0n) is 64.7. The van der Waals surface area contributed by atoms with Crippen molar-refractivity contribution in [3.63, 3.8) is 0 Å². The molecule has 0 aliphatic heterocycles. The molecule has 1 aromatic carbocycles. The van der Waals surface area contributed by atoms with E-state index >= 15 is 9.59 Å². The van der Waals surface area contributed by atoms with Gasteiger partial charge in [0.25, 0.3) is 0 Å². The van der Waals surface area contributed by atoms with Crippen LogP contribution < -0.4 is 59.3 Å². The molecule has 2 aromatic heterocycles. The predicted molar refractivity (Wildman–Crippen MR) is 405 cm³/mol. The summed E-state index contributed by atoms with van der Waals surface area (Å²) in [5.41, 5.74) is 12.7. The van der Waals surface area contributed by atoms with Crippen LogP contribution in [0.1, 0.15) is 62.6 Å². The molecule has 0 saturated heterocycles. The summed E-state index contributed by atoms with van der Waals surface area (Å²) in [5.74, 6) is -28.5. The first-order valence-electron chi connectivity index (χ1n) is 36.8. The van der Waals surface area contributed by atoms with Gasteiger partial charge in [-0.1, -0.05) is 31.0 Å². The smallest absolute Gasteiger partial charge is 0.317 e. The maximum Gasteiger partial charge on any atom is 0.317 e. The lowest BCUT2D eigenvalue weighted by atomic mass is 10.0. The third-order valence-corrected chi connectivity index (χ3v) is 17.5. The number of rotatable bonds is 64. The van der Waals surface area contributed by atoms with Gasteiger partial charge in [-0.15, -0.1) is 0 Å². The fraction of sp³-hybridized carbons (Fsp3) is 0.551. The van der Waals surface area contributed by atoms with Gasteiger partial charge < -0.3 is 120 Å². The number of likely N-dealkylation sites (N-methyl/N-ethyl adjacent to an activating group) is 1. The van der Waals surface area contributed by atoms with Gasteiger partial charge in [0.1, 0.15) is 42.3 Å². The Morgan fingerprint density at radius 2 is 0.857 bits per heavy atom. The third kappa shape index (κ3) is 40.5. The molecule has 3 rings (SSSR count). The van der Waals surface area contributed by atoms with Gasteiger partial charge in [-0.2, -0.15) is 0 Å². The topological polar surface area (TPSA) is 768 Å². The molecule has 7 atom stereocenters. The van der Waals surface area contributed by atoms with E-state index < -0.39 is 305 Å². The lowest BCUT2D eigenvalue weighted by Crippen LogP contribution is -2.63. The molecular formula is C69H102N20O30. The standard InChI is InChI=1S/C69H102N20O30/c1-72-63(113)46(21-40-23-73-38-78-40)82-66(116)45(20-39-22-75-42-9-5-4-8-41(39)42)81-65(115)44(10-12-50(71)90)79-52(92)25-76-51(91)13-11-43(64(114)74-15-7-3-2-6-14-70)80-67(117)47(83-69(119)49(89(36-61(109)110)37-62(111)112)27-85(29-54(95)96)17-19-87(32-57(101)102)33-58(103)104)24-77-68(118)48(88(34-59(105)106)35-60(107)108)26-84(28-53(93)94)16-18-86(30-55(97)98)31-56(99)100/h4-5,8-9,22-23,38,43-49,75H,2-3,6-7,10-21,24-37,70H2,1H3,(H2,71,90)(H,72,113)(H,73,78)(H,74,114)(H,76,91)(H,77,118)(H,79,92)(H,80,117)(H,81,115)(H,82,116)(H,83,119)(H,93,94)(H,95,96)(H,97,98)(H,99,100)(H,101,102)(H,103,104)(H,105,106)(H,107,108)(H,109,110)(H,111,112)/t43-,44+,45+,46+,47?,48-,49-/m1/s1. The molecule has 50 heteroatoms. The number of nitrogens with two attached hydrogens (primary N) is 2. The molecule has 0 bridgehead atoms. The highest BCUT2D eigenvalue weighted by molar-refractivity contribution is 5.97. The summed E-state index contributed by atoms with van der Waals surface area (Å²) < 4.78 is 0. The van der Waals surface area contributed by atoms with Crippen molar-refractivity contribution in [1.29, 1.82) is 0 Å². The van der Waals surface area contributed by atoms with Gasteiger partial charge in [-0.3, -0.25) is 125 Å². The van der Waals surface area contributed by atoms with Gasteiger partial charge >= 0.3 is 59.7 Å². The Morgan fingerprint density at radius 3 is 1.34 bits per heavy atom. The number of nitrogens with zero attached hydrogens (tertiary/aromatic N) is 7. The number of hydrogen-bond acceptors (Lipinski definition) is 28. The molecule has 119 heavy (non-hydrogen) atoms. The van der Waals surface area contributed by atoms with Gasteiger partial charge in [0.15, 0.2) is 0 Å². The number of aliphatic carboxylic acids is 10. The molecule has 0 aliphatic carbocycles. The number of aromatic nitrogens is 3. The number of unbranched alkanes of at least 4 members (excludes halogenated alkanes) is 3. The number of carbonyl (C=O) groups excluding carboxylic acids is 10. The Kier molecular flexibility index (Phi) is 44.3. The van der Waals surface area contributed by atoms with Crippen LogP contribution in [0.4, 0.5) is 0 Å². The fourth-order valence-corrected chi connectivity index (χ4v) is 12.0. The van der Waals surface area contributed by atoms with Gasteiger partial charge in [0.2, 0.25) is 59.1 Å². The van der Waals surface area contributed by atoms with Crippen LogP contribution in [0.5, 0.6) is 0 Å². The summed E-state index contributed by atoms with van der Waals surface area (Å²) in [7, 11) is 1.32. The highest BCUT2D eigenvalue weighted by Gasteiger charge is 2.39. The summed E-state index contributed by atoms with van der Waals surface area (Å²) in [6.45, 7) is -18.4. The number of imidazole rings is 1. The van der Waals surface area contributed by atoms with Crippen LogP contribution in [0, 0.1) is 0 Å². The molecule has 25 N–H and O–H groups in total. The average molecular weight is 1690 g/mol. The molecule has 0 aliphatic rings. The summed E-state index contributed by atoms with van der Waals surface area (Å²) in [4.78, 5) is 276. The van der Waals surface area contributed by atoms with Crippen molar-refractivity contribution in [2.24, 2.45) is 11.5 Å². The van der Waals surface area contributed by atoms with E-state index in [0.717, 1.165) is 19.6 Å². The summed E-state index contributed by atoms with van der Waals surface area (Å²) in [6.07, 6.45) is 3.26. The highest BCUT2D eigenvalue weighted by Crippen LogP contribution is 2.20. The molecule has 0 radical (unpaired) electrons. The van der Waals surface area contributed by atoms with Crippen LogP contribution in [0.3, 0.4) is 0 Å². The van der Waals surface area contributed by atoms with Crippen molar-refractivity contribution in [1.82, 2.24) is 92.2 Å². The number of amides is 10. The van der Waals surface area contributed by atoms with Crippen molar-refractivity contribution in [3.8, 4) is 0 Å². The zero-order valence-corrected chi connectivity index (χ0v) is 64.7. The zero-order chi connectivity index (χ0) is 89.0. The molecule has 0 saturated carbocycles. The first-order valence-corrected chi connectivity index (χ1v) is 36.8. The number of hydrogen-bond donors (Lipinski definition) is 23. The summed E-state index contributed by atoms with van der Waals surface area (Å²) >= 11 is 0. The molecule has 50 nitrogen and oxygen atoms in total. The molecular weight excluding hydrogens is 1590 g/mol. The van der Waals surface area contributed by atoms with Gasteiger partial charge in [0.05, 0.1) is 78.3 Å². The molecule has 1 unspecified atom stereocenters. The van der Waals surface area contributed by atoms with Crippen molar-refractivity contribution in [3.05, 3.63) is 54.2 Å². The van der Waals surface area contributed by atoms with Crippen LogP contribution in [-0.4, -0.2) is 394 Å². The third-order valence-electron chi connectivity index (χ3n) is 17.5. The van der Waals surface area contributed by atoms with Crippen molar-refractivity contribution in [2.45, 2.75) is 107 Å². The van der Waals surface area contributed by atoms with E-state index in [4.69, 9.17) is 11.5 Å². The largest absolute Gasteiger partial charge is 0.480 e. The Morgan fingerprint density at radius 1 is 0.429 bits per heavy atom. The van der Waals surface area contributed by atoms with Crippen molar-refractivity contribution >= 4 is 130 Å². The molecule has 2 heterocycles. The van der Waals surface area contributed by atoms with E-state index in [-0.39, 0.29) is 25.8 Å². The Bertz CT molecular complexity index is 3950. The monoisotopic (exact) mass is 1690 g/mol. The van der Waals surface area contributed by atoms with Crippen LogP contribution in [0.15, 0.2) is 43.0 Å². The molecule has 10 amide bonds. The number of H-pyrrole nitrogens is 2. The highest BCUT2D eigenvalue weighted by atomic mass is 16.4. The molecule has 0 fully saturated rings. The number of benzene rings is 1. The predicted octanol–water partition coefficient (Wildman–Crippen LogP) is -9.85. The first-order chi connectivity index (χ1) is 56.2. The summed E-state index contributed by atoms with van der Waals surface area (Å²) in [5, 5.41) is 120. The number of carboxylic acids is 10. The number of primary amides is 1.